The second kappa shape index (κ2) is 8.23. The van der Waals surface area contributed by atoms with E-state index in [1.54, 1.807) is 7.11 Å². The van der Waals surface area contributed by atoms with Crippen LogP contribution in [0.3, 0.4) is 0 Å². The molecule has 1 aliphatic heterocycles. The summed E-state index contributed by atoms with van der Waals surface area (Å²) in [6, 6.07) is 5.49. The Balaban J connectivity index is 1.55. The van der Waals surface area contributed by atoms with E-state index in [9.17, 15) is 9.59 Å². The molecule has 1 heterocycles. The third kappa shape index (κ3) is 4.44. The van der Waals surface area contributed by atoms with Crippen LogP contribution in [0.1, 0.15) is 49.1 Å². The summed E-state index contributed by atoms with van der Waals surface area (Å²) in [5.74, 6) is 1.11. The Labute approximate surface area is 148 Å². The molecular weight excluding hydrogens is 318 g/mol. The largest absolute Gasteiger partial charge is 0.497 e. The van der Waals surface area contributed by atoms with E-state index in [1.165, 1.54) is 11.1 Å². The number of urea groups is 1. The van der Waals surface area contributed by atoms with Crippen LogP contribution in [0.5, 0.6) is 5.75 Å². The summed E-state index contributed by atoms with van der Waals surface area (Å²) in [6.45, 7) is 1.28. The van der Waals surface area contributed by atoms with Gasteiger partial charge in [0.15, 0.2) is 0 Å². The smallest absolute Gasteiger partial charge is 0.315 e. The molecule has 0 saturated carbocycles. The number of fused-ring (bicyclic) bond motifs is 1. The predicted molar refractivity (Wildman–Crippen MR) is 95.9 cm³/mol. The summed E-state index contributed by atoms with van der Waals surface area (Å²) < 4.78 is 5.30. The van der Waals surface area contributed by atoms with Crippen molar-refractivity contribution >= 4 is 11.9 Å². The van der Waals surface area contributed by atoms with E-state index in [0.29, 0.717) is 25.4 Å². The van der Waals surface area contributed by atoms with Gasteiger partial charge in [0, 0.05) is 19.0 Å². The number of carbonyl (C=O) groups is 2. The van der Waals surface area contributed by atoms with Gasteiger partial charge in [-0.05, 0) is 61.8 Å². The zero-order valence-electron chi connectivity index (χ0n) is 14.8. The molecular formula is C19H27N3O3. The maximum absolute atomic E-state index is 12.2. The molecule has 6 heteroatoms. The van der Waals surface area contributed by atoms with E-state index < -0.39 is 6.04 Å². The first kappa shape index (κ1) is 17.6. The number of aryl methyl sites for hydroxylation is 1. The Kier molecular flexibility index (Phi) is 5.79. The average molecular weight is 345 g/mol. The first-order valence-corrected chi connectivity index (χ1v) is 9.16. The van der Waals surface area contributed by atoms with Crippen LogP contribution in [-0.2, 0) is 11.2 Å². The molecule has 25 heavy (non-hydrogen) atoms. The first-order valence-electron chi connectivity index (χ1n) is 9.16. The minimum absolute atomic E-state index is 0.0808. The maximum Gasteiger partial charge on any atom is 0.315 e. The van der Waals surface area contributed by atoms with Crippen LogP contribution in [0.4, 0.5) is 4.79 Å². The fourth-order valence-electron chi connectivity index (χ4n) is 3.73. The van der Waals surface area contributed by atoms with Gasteiger partial charge in [0.1, 0.15) is 11.8 Å². The van der Waals surface area contributed by atoms with Gasteiger partial charge in [-0.1, -0.05) is 6.07 Å². The Bertz CT molecular complexity index is 632. The SMILES string of the molecule is COc1ccc2c(c1)CCC[C@H]2CNC(=O)N[C@@H]1CCCCNC1=O. The van der Waals surface area contributed by atoms with Crippen molar-refractivity contribution in [1.82, 2.24) is 16.0 Å². The predicted octanol–water partition coefficient (Wildman–Crippen LogP) is 2.08. The molecule has 0 radical (unpaired) electrons. The zero-order valence-corrected chi connectivity index (χ0v) is 14.8. The Morgan fingerprint density at radius 2 is 2.16 bits per heavy atom. The van der Waals surface area contributed by atoms with E-state index in [4.69, 9.17) is 4.74 Å². The standard InChI is InChI=1S/C19H27N3O3/c1-25-15-8-9-16-13(11-15)5-4-6-14(16)12-21-19(24)22-17-7-2-3-10-20-18(17)23/h8-9,11,14,17H,2-7,10,12H2,1H3,(H,20,23)(H2,21,22,24)/t14-,17+/m0/s1. The number of hydrogen-bond acceptors (Lipinski definition) is 3. The highest BCUT2D eigenvalue weighted by Crippen LogP contribution is 2.33. The van der Waals surface area contributed by atoms with E-state index in [0.717, 1.165) is 37.9 Å². The van der Waals surface area contributed by atoms with Crippen molar-refractivity contribution < 1.29 is 14.3 Å². The number of benzene rings is 1. The van der Waals surface area contributed by atoms with Gasteiger partial charge in [-0.25, -0.2) is 4.79 Å². The molecule has 2 atom stereocenters. The topological polar surface area (TPSA) is 79.5 Å². The van der Waals surface area contributed by atoms with Crippen LogP contribution in [0, 0.1) is 0 Å². The lowest BCUT2D eigenvalue weighted by Crippen LogP contribution is -2.49. The van der Waals surface area contributed by atoms with Gasteiger partial charge < -0.3 is 20.7 Å². The third-order valence-electron chi connectivity index (χ3n) is 5.14. The van der Waals surface area contributed by atoms with Crippen LogP contribution >= 0.6 is 0 Å². The molecule has 1 aliphatic carbocycles. The molecule has 3 N–H and O–H groups in total. The zero-order chi connectivity index (χ0) is 17.6. The van der Waals surface area contributed by atoms with E-state index in [-0.39, 0.29) is 11.9 Å². The maximum atomic E-state index is 12.2. The van der Waals surface area contributed by atoms with Gasteiger partial charge in [0.2, 0.25) is 5.91 Å². The monoisotopic (exact) mass is 345 g/mol. The number of carbonyl (C=O) groups excluding carboxylic acids is 2. The average Bonchev–Trinajstić information content (AvgIpc) is 2.83. The highest BCUT2D eigenvalue weighted by molar-refractivity contribution is 5.87. The summed E-state index contributed by atoms with van der Waals surface area (Å²) in [6.07, 6.45) is 5.83. The number of methoxy groups -OCH3 is 1. The Morgan fingerprint density at radius 3 is 3.00 bits per heavy atom. The molecule has 1 fully saturated rings. The van der Waals surface area contributed by atoms with Crippen LogP contribution in [0.15, 0.2) is 18.2 Å². The lowest BCUT2D eigenvalue weighted by molar-refractivity contribution is -0.122. The molecule has 3 rings (SSSR count). The molecule has 1 aromatic carbocycles. The highest BCUT2D eigenvalue weighted by Gasteiger charge is 2.24. The Morgan fingerprint density at radius 1 is 1.28 bits per heavy atom. The lowest BCUT2D eigenvalue weighted by Gasteiger charge is -2.26. The summed E-state index contributed by atoms with van der Waals surface area (Å²) in [5.41, 5.74) is 2.60. The van der Waals surface area contributed by atoms with Crippen LogP contribution in [-0.4, -0.2) is 38.2 Å². The molecule has 136 valence electrons. The van der Waals surface area contributed by atoms with Gasteiger partial charge in [0.05, 0.1) is 7.11 Å². The first-order chi connectivity index (χ1) is 12.2. The second-order valence-corrected chi connectivity index (χ2v) is 6.85. The number of nitrogens with one attached hydrogen (secondary N) is 3. The molecule has 2 aliphatic rings. The van der Waals surface area contributed by atoms with Gasteiger partial charge in [-0.2, -0.15) is 0 Å². The molecule has 1 aromatic rings. The quantitative estimate of drug-likeness (QED) is 0.782. The fraction of sp³-hybridized carbons (Fsp3) is 0.579. The highest BCUT2D eigenvalue weighted by atomic mass is 16.5. The number of amides is 3. The Hall–Kier alpha value is -2.24. The number of hydrogen-bond donors (Lipinski definition) is 3. The van der Waals surface area contributed by atoms with E-state index in [1.807, 2.05) is 6.07 Å². The van der Waals surface area contributed by atoms with Crippen molar-refractivity contribution in [2.45, 2.75) is 50.5 Å². The van der Waals surface area contributed by atoms with Gasteiger partial charge in [-0.3, -0.25) is 4.79 Å². The molecule has 1 saturated heterocycles. The fourth-order valence-corrected chi connectivity index (χ4v) is 3.73. The van der Waals surface area contributed by atoms with Crippen LogP contribution in [0.25, 0.3) is 0 Å². The van der Waals surface area contributed by atoms with Crippen molar-refractivity contribution in [2.24, 2.45) is 0 Å². The summed E-state index contributed by atoms with van der Waals surface area (Å²) in [4.78, 5) is 24.1. The van der Waals surface area contributed by atoms with Crippen molar-refractivity contribution in [2.75, 3.05) is 20.2 Å². The van der Waals surface area contributed by atoms with Gasteiger partial charge >= 0.3 is 6.03 Å². The summed E-state index contributed by atoms with van der Waals surface area (Å²) in [5, 5.41) is 8.59. The lowest BCUT2D eigenvalue weighted by atomic mass is 9.82. The number of rotatable bonds is 4. The molecule has 6 nitrogen and oxygen atoms in total. The van der Waals surface area contributed by atoms with Crippen molar-refractivity contribution in [3.05, 3.63) is 29.3 Å². The molecule has 0 aromatic heterocycles. The van der Waals surface area contributed by atoms with Crippen molar-refractivity contribution in [3.63, 3.8) is 0 Å². The summed E-state index contributed by atoms with van der Waals surface area (Å²) in [7, 11) is 1.68. The molecule has 3 amide bonds. The molecule has 0 bridgehead atoms. The summed E-state index contributed by atoms with van der Waals surface area (Å²) >= 11 is 0. The van der Waals surface area contributed by atoms with E-state index >= 15 is 0 Å². The normalized spacial score (nSPS) is 23.0. The minimum atomic E-state index is -0.426. The molecule has 0 spiro atoms. The van der Waals surface area contributed by atoms with Crippen molar-refractivity contribution in [1.29, 1.82) is 0 Å². The molecule has 0 unspecified atom stereocenters. The number of ether oxygens (including phenoxy) is 1. The second-order valence-electron chi connectivity index (χ2n) is 6.85. The van der Waals surface area contributed by atoms with Gasteiger partial charge in [-0.15, -0.1) is 0 Å². The van der Waals surface area contributed by atoms with Crippen LogP contribution < -0.4 is 20.7 Å². The van der Waals surface area contributed by atoms with Crippen LogP contribution in [0.2, 0.25) is 0 Å². The van der Waals surface area contributed by atoms with E-state index in [2.05, 4.69) is 28.1 Å². The van der Waals surface area contributed by atoms with Crippen molar-refractivity contribution in [3.8, 4) is 5.75 Å². The van der Waals surface area contributed by atoms with Gasteiger partial charge in [0.25, 0.3) is 0 Å². The minimum Gasteiger partial charge on any atom is -0.497 e. The third-order valence-corrected chi connectivity index (χ3v) is 5.14.